The van der Waals surface area contributed by atoms with Gasteiger partial charge < -0.3 is 23.6 Å². The molecule has 1 N–H and O–H groups in total. The van der Waals surface area contributed by atoms with Crippen molar-refractivity contribution in [3.8, 4) is 5.69 Å². The number of carbonyl (C=O) groups excluding carboxylic acids is 1. The van der Waals surface area contributed by atoms with Crippen LogP contribution in [-0.4, -0.2) is 67.5 Å². The van der Waals surface area contributed by atoms with Gasteiger partial charge in [0, 0.05) is 24.6 Å². The summed E-state index contributed by atoms with van der Waals surface area (Å²) in [4.78, 5) is 16.7. The number of amides is 1. The molecular weight excluding hydrogens is 535 g/mol. The third-order valence-electron chi connectivity index (χ3n) is 6.87. The Morgan fingerprint density at radius 3 is 2.46 bits per heavy atom. The lowest BCUT2D eigenvalue weighted by molar-refractivity contribution is -0.148. The summed E-state index contributed by atoms with van der Waals surface area (Å²) in [5.74, 6) is -1.18. The summed E-state index contributed by atoms with van der Waals surface area (Å²) in [6.45, 7) is 5.11. The molecule has 1 aromatic carbocycles. The average molecular weight is 568 g/mol. The highest BCUT2D eigenvalue weighted by atomic mass is 31.2. The number of likely N-dealkylation sites (tertiary alicyclic amines) is 1. The van der Waals surface area contributed by atoms with Crippen molar-refractivity contribution in [2.75, 3.05) is 19.8 Å². The monoisotopic (exact) mass is 567 g/mol. The fourth-order valence-electron chi connectivity index (χ4n) is 4.62. The summed E-state index contributed by atoms with van der Waals surface area (Å²) in [6.07, 6.45) is 4.26. The van der Waals surface area contributed by atoms with Crippen LogP contribution < -0.4 is 0 Å². The van der Waals surface area contributed by atoms with Gasteiger partial charge >= 0.3 is 13.3 Å². The molecule has 0 saturated carbocycles. The maximum atomic E-state index is 15.4. The zero-order chi connectivity index (χ0) is 28.4. The number of alkyl halides is 2. The zero-order valence-electron chi connectivity index (χ0n) is 22.2. The summed E-state index contributed by atoms with van der Waals surface area (Å²) >= 11 is 0. The van der Waals surface area contributed by atoms with E-state index in [1.165, 1.54) is 37.1 Å². The van der Waals surface area contributed by atoms with Gasteiger partial charge in [-0.3, -0.25) is 9.36 Å². The maximum absolute atomic E-state index is 15.4. The van der Waals surface area contributed by atoms with E-state index in [1.807, 2.05) is 6.92 Å². The molecule has 0 spiro atoms. The number of benzene rings is 1. The fourth-order valence-corrected chi connectivity index (χ4v) is 6.34. The van der Waals surface area contributed by atoms with Crippen LogP contribution >= 0.6 is 7.60 Å². The molecule has 3 heterocycles. The highest BCUT2D eigenvalue weighted by Crippen LogP contribution is 2.67. The maximum Gasteiger partial charge on any atom is 0.403 e. The van der Waals surface area contributed by atoms with Crippen molar-refractivity contribution in [2.24, 2.45) is 0 Å². The van der Waals surface area contributed by atoms with Gasteiger partial charge in [0.05, 0.1) is 42.6 Å². The molecule has 0 bridgehead atoms. The van der Waals surface area contributed by atoms with Crippen LogP contribution in [0.25, 0.3) is 5.69 Å². The van der Waals surface area contributed by atoms with Crippen LogP contribution in [0.2, 0.25) is 0 Å². The molecule has 2 aromatic heterocycles. The standard InChI is InChI=1S/C25H32F2N5O6P/c1-5-36-39(35,37-6-2)25(26,27)24(4,34)22-15-20(30-38-22)18-12-11-17(3)31(16-18)23(33)19-9-7-8-10-21(19)32-28-13-14-29-32/h7-10,13-15,17-18,34H,5-6,11-12,16H2,1-4H3/t17-,18-,24?/m1/s1. The number of aromatic nitrogens is 4. The number of hydrogen-bond donors (Lipinski definition) is 1. The molecule has 1 saturated heterocycles. The molecule has 11 nitrogen and oxygen atoms in total. The lowest BCUT2D eigenvalue weighted by Crippen LogP contribution is -2.45. The van der Waals surface area contributed by atoms with Crippen LogP contribution in [0.4, 0.5) is 8.78 Å². The molecule has 0 radical (unpaired) electrons. The number of piperidine rings is 1. The van der Waals surface area contributed by atoms with Gasteiger partial charge in [-0.15, -0.1) is 0 Å². The molecule has 0 aliphatic carbocycles. The molecule has 1 aliphatic rings. The molecular formula is C25H32F2N5O6P. The number of para-hydroxylation sites is 1. The van der Waals surface area contributed by atoms with E-state index in [-0.39, 0.29) is 43.3 Å². The van der Waals surface area contributed by atoms with E-state index in [1.54, 1.807) is 29.2 Å². The molecule has 3 atom stereocenters. The quantitative estimate of drug-likeness (QED) is 0.345. The summed E-state index contributed by atoms with van der Waals surface area (Å²) in [5, 5.41) is 23.1. The van der Waals surface area contributed by atoms with Gasteiger partial charge in [0.1, 0.15) is 0 Å². The van der Waals surface area contributed by atoms with Crippen molar-refractivity contribution in [1.29, 1.82) is 0 Å². The van der Waals surface area contributed by atoms with Gasteiger partial charge in [-0.1, -0.05) is 17.3 Å². The van der Waals surface area contributed by atoms with E-state index in [4.69, 9.17) is 13.6 Å². The number of nitrogens with zero attached hydrogens (tertiary/aromatic N) is 5. The molecule has 14 heteroatoms. The first-order chi connectivity index (χ1) is 18.5. The topological polar surface area (TPSA) is 133 Å². The molecule has 1 aliphatic heterocycles. The van der Waals surface area contributed by atoms with Crippen molar-refractivity contribution >= 4 is 13.5 Å². The SMILES string of the molecule is CCOP(=O)(OCC)C(F)(F)C(C)(O)c1cc([C@@H]2CC[C@@H](C)N(C(=O)c3ccccc3-n3nccn3)C2)no1. The Bertz CT molecular complexity index is 1320. The van der Waals surface area contributed by atoms with Crippen molar-refractivity contribution in [3.63, 3.8) is 0 Å². The lowest BCUT2D eigenvalue weighted by Gasteiger charge is -2.37. The first-order valence-electron chi connectivity index (χ1n) is 12.7. The largest absolute Gasteiger partial charge is 0.403 e. The van der Waals surface area contributed by atoms with Crippen LogP contribution in [0, 0.1) is 0 Å². The number of carbonyl (C=O) groups is 1. The third kappa shape index (κ3) is 5.28. The summed E-state index contributed by atoms with van der Waals surface area (Å²) in [7, 11) is -5.06. The molecule has 212 valence electrons. The Morgan fingerprint density at radius 1 is 1.18 bits per heavy atom. The van der Waals surface area contributed by atoms with Crippen molar-refractivity contribution in [1.82, 2.24) is 25.1 Å². The summed E-state index contributed by atoms with van der Waals surface area (Å²) in [5.41, 5.74) is -6.17. The third-order valence-corrected chi connectivity index (χ3v) is 9.19. The van der Waals surface area contributed by atoms with Gasteiger partial charge in [0.2, 0.25) is 0 Å². The highest BCUT2D eigenvalue weighted by Gasteiger charge is 2.67. The van der Waals surface area contributed by atoms with Crippen LogP contribution in [0.15, 0.2) is 47.2 Å². The van der Waals surface area contributed by atoms with Gasteiger partial charge in [-0.05, 0) is 52.7 Å². The highest BCUT2D eigenvalue weighted by molar-refractivity contribution is 7.55. The Balaban J connectivity index is 1.59. The second kappa shape index (κ2) is 11.2. The average Bonchev–Trinajstić information content (AvgIpc) is 3.62. The van der Waals surface area contributed by atoms with Crippen molar-refractivity contribution in [2.45, 2.75) is 63.8 Å². The Kier molecular flexibility index (Phi) is 8.36. The van der Waals surface area contributed by atoms with E-state index in [0.29, 0.717) is 24.1 Å². The van der Waals surface area contributed by atoms with Crippen molar-refractivity contribution < 1.29 is 36.8 Å². The first-order valence-corrected chi connectivity index (χ1v) is 14.2. The molecule has 4 rings (SSSR count). The minimum Gasteiger partial charge on any atom is -0.376 e. The van der Waals surface area contributed by atoms with Crippen LogP contribution in [0.3, 0.4) is 0 Å². The Labute approximate surface area is 224 Å². The molecule has 3 aromatic rings. The van der Waals surface area contributed by atoms with Crippen LogP contribution in [0.5, 0.6) is 0 Å². The minimum atomic E-state index is -5.06. The van der Waals surface area contributed by atoms with Gasteiger partial charge in [0.25, 0.3) is 5.91 Å². The second-order valence-corrected chi connectivity index (χ2v) is 11.6. The summed E-state index contributed by atoms with van der Waals surface area (Å²) < 4.78 is 58.5. The van der Waals surface area contributed by atoms with E-state index in [9.17, 15) is 14.5 Å². The van der Waals surface area contributed by atoms with E-state index >= 15 is 8.78 Å². The molecule has 1 unspecified atom stereocenters. The minimum absolute atomic E-state index is 0.102. The molecule has 1 fully saturated rings. The van der Waals surface area contributed by atoms with Gasteiger partial charge in [0.15, 0.2) is 11.4 Å². The number of halogens is 2. The Hall–Kier alpha value is -2.99. The van der Waals surface area contributed by atoms with Gasteiger partial charge in [-0.2, -0.15) is 23.8 Å². The summed E-state index contributed by atoms with van der Waals surface area (Å²) in [6, 6.07) is 8.08. The Morgan fingerprint density at radius 2 is 1.82 bits per heavy atom. The smallest absolute Gasteiger partial charge is 0.376 e. The fraction of sp³-hybridized carbons (Fsp3) is 0.520. The predicted molar refractivity (Wildman–Crippen MR) is 136 cm³/mol. The van der Waals surface area contributed by atoms with E-state index in [2.05, 4.69) is 15.4 Å². The number of rotatable bonds is 10. The molecule has 39 heavy (non-hydrogen) atoms. The van der Waals surface area contributed by atoms with Crippen molar-refractivity contribution in [3.05, 3.63) is 59.7 Å². The number of hydrogen-bond acceptors (Lipinski definition) is 9. The first kappa shape index (κ1) is 29.0. The van der Waals surface area contributed by atoms with E-state index in [0.717, 1.165) is 6.92 Å². The predicted octanol–water partition coefficient (Wildman–Crippen LogP) is 4.73. The zero-order valence-corrected chi connectivity index (χ0v) is 23.1. The van der Waals surface area contributed by atoms with Crippen LogP contribution in [0.1, 0.15) is 68.3 Å². The second-order valence-electron chi connectivity index (χ2n) is 9.48. The lowest BCUT2D eigenvalue weighted by atomic mass is 9.89. The normalized spacial score (nSPS) is 20.1. The molecule has 1 amide bonds. The van der Waals surface area contributed by atoms with Gasteiger partial charge in [-0.25, -0.2) is 0 Å². The number of aliphatic hydroxyl groups is 1. The van der Waals surface area contributed by atoms with E-state index < -0.39 is 24.6 Å². The van der Waals surface area contributed by atoms with Crippen LogP contribution in [-0.2, 0) is 19.2 Å².